The van der Waals surface area contributed by atoms with Crippen LogP contribution in [0.5, 0.6) is 0 Å². The molecule has 1 heterocycles. The standard InChI is InChI=1S/C46H66ClN3O3/c1-26(2)39-36(53)23-45(19-20-50-46(17-18-46)41-48-24-30(47)25-49-41)16-12-34-31(40(39)45)9-10-38-43(34,7)15-13-37-42(5,6)29(11-14-44(37,38)8)21-35(52)33-22-32(27(33)3)28(4)51/h24-27,29,31-34,37-38,50-51H,4,9-23H2,1-3,5-8H3. The molecule has 1 aromatic heterocycles. The van der Waals surface area contributed by atoms with E-state index in [0.29, 0.717) is 59.0 Å². The first-order valence-electron chi connectivity index (χ1n) is 21.4. The number of nitrogens with zero attached hydrogens (tertiary/aromatic N) is 2. The highest BCUT2D eigenvalue weighted by Crippen LogP contribution is 2.74. The highest BCUT2D eigenvalue weighted by Gasteiger charge is 2.66. The predicted octanol–water partition coefficient (Wildman–Crippen LogP) is 10.6. The maximum Gasteiger partial charge on any atom is 0.159 e. The van der Waals surface area contributed by atoms with Gasteiger partial charge in [0, 0.05) is 42.5 Å². The minimum atomic E-state index is -0.153. The molecular weight excluding hydrogens is 678 g/mol. The number of hydrogen-bond donors (Lipinski definition) is 2. The van der Waals surface area contributed by atoms with Crippen molar-refractivity contribution >= 4 is 23.2 Å². The molecule has 7 aliphatic rings. The zero-order chi connectivity index (χ0) is 37.9. The summed E-state index contributed by atoms with van der Waals surface area (Å²) >= 11 is 6.11. The fourth-order valence-corrected chi connectivity index (χ4v) is 15.0. The van der Waals surface area contributed by atoms with Gasteiger partial charge in [-0.15, -0.1) is 0 Å². The van der Waals surface area contributed by atoms with Crippen molar-refractivity contribution in [2.45, 2.75) is 144 Å². The Bertz CT molecular complexity index is 1700. The first-order valence-corrected chi connectivity index (χ1v) is 21.8. The van der Waals surface area contributed by atoms with Gasteiger partial charge < -0.3 is 10.4 Å². The van der Waals surface area contributed by atoms with E-state index in [1.807, 2.05) is 0 Å². The van der Waals surface area contributed by atoms with Crippen molar-refractivity contribution in [1.82, 2.24) is 15.3 Å². The molecular formula is C46H66ClN3O3. The predicted molar refractivity (Wildman–Crippen MR) is 211 cm³/mol. The number of rotatable bonds is 10. The van der Waals surface area contributed by atoms with E-state index in [0.717, 1.165) is 50.9 Å². The zero-order valence-electron chi connectivity index (χ0n) is 33.7. The Morgan fingerprint density at radius 2 is 1.66 bits per heavy atom. The molecule has 1 aromatic rings. The van der Waals surface area contributed by atoms with Crippen LogP contribution in [-0.4, -0.2) is 33.2 Å². The van der Waals surface area contributed by atoms with Crippen LogP contribution in [0.4, 0.5) is 0 Å². The van der Waals surface area contributed by atoms with E-state index in [4.69, 9.17) is 11.6 Å². The molecule has 6 saturated carbocycles. The fraction of sp³-hybridized carbons (Fsp3) is 0.783. The van der Waals surface area contributed by atoms with E-state index in [-0.39, 0.29) is 56.6 Å². The second-order valence-corrected chi connectivity index (χ2v) is 21.3. The Morgan fingerprint density at radius 1 is 0.962 bits per heavy atom. The minimum Gasteiger partial charge on any atom is -0.513 e. The van der Waals surface area contributed by atoms with Crippen LogP contribution in [0, 0.1) is 74.9 Å². The molecule has 0 aliphatic heterocycles. The number of aliphatic hydroxyl groups is 1. The molecule has 0 saturated heterocycles. The van der Waals surface area contributed by atoms with Crippen molar-refractivity contribution in [3.63, 3.8) is 0 Å². The van der Waals surface area contributed by atoms with E-state index in [2.05, 4.69) is 70.3 Å². The summed E-state index contributed by atoms with van der Waals surface area (Å²) in [6.45, 7) is 21.6. The van der Waals surface area contributed by atoms with Crippen LogP contribution >= 0.6 is 11.6 Å². The summed E-state index contributed by atoms with van der Waals surface area (Å²) in [7, 11) is 0. The van der Waals surface area contributed by atoms with Gasteiger partial charge >= 0.3 is 0 Å². The molecule has 2 N–H and O–H groups in total. The third-order valence-corrected chi connectivity index (χ3v) is 18.1. The summed E-state index contributed by atoms with van der Waals surface area (Å²) in [4.78, 5) is 36.9. The maximum atomic E-state index is 14.0. The lowest BCUT2D eigenvalue weighted by molar-refractivity contribution is -0.193. The lowest BCUT2D eigenvalue weighted by Gasteiger charge is -2.69. The Morgan fingerprint density at radius 3 is 2.30 bits per heavy atom. The molecule has 8 rings (SSSR count). The molecule has 0 spiro atoms. The average Bonchev–Trinajstić information content (AvgIpc) is 3.80. The van der Waals surface area contributed by atoms with Crippen molar-refractivity contribution in [1.29, 1.82) is 0 Å². The molecule has 290 valence electrons. The van der Waals surface area contributed by atoms with Crippen LogP contribution in [-0.2, 0) is 15.1 Å². The highest BCUT2D eigenvalue weighted by atomic mass is 35.5. The molecule has 6 nitrogen and oxygen atoms in total. The average molecular weight is 745 g/mol. The number of ketones is 2. The lowest BCUT2D eigenvalue weighted by atomic mass is 9.35. The second kappa shape index (κ2) is 13.0. The molecule has 7 heteroatoms. The van der Waals surface area contributed by atoms with E-state index in [9.17, 15) is 14.7 Å². The van der Waals surface area contributed by atoms with Gasteiger partial charge in [-0.3, -0.25) is 9.59 Å². The number of aromatic nitrogens is 2. The third-order valence-electron chi connectivity index (χ3n) is 17.9. The highest BCUT2D eigenvalue weighted by molar-refractivity contribution is 6.30. The Labute approximate surface area is 324 Å². The van der Waals surface area contributed by atoms with Gasteiger partial charge in [0.05, 0.1) is 16.3 Å². The Balaban J connectivity index is 1.00. The fourth-order valence-electron chi connectivity index (χ4n) is 14.9. The maximum absolute atomic E-state index is 14.0. The SMILES string of the molecule is C=C(O)C1CC(C(=O)CC2CCC3(C)C(CCC4(C)C5CCC6(CCNC7(c8ncc(Cl)cn8)CC7)CC(=O)C(C(C)C)=C6C5CCC43)C2(C)C)C1C. The first-order chi connectivity index (χ1) is 25.0. The molecule has 7 aliphatic carbocycles. The number of carbonyl (C=O) groups excluding carboxylic acids is 2. The van der Waals surface area contributed by atoms with Crippen LogP contribution in [0.3, 0.4) is 0 Å². The van der Waals surface area contributed by atoms with E-state index in [1.165, 1.54) is 44.1 Å². The molecule has 53 heavy (non-hydrogen) atoms. The summed E-state index contributed by atoms with van der Waals surface area (Å²) in [5.74, 6) is 5.41. The molecule has 11 atom stereocenters. The summed E-state index contributed by atoms with van der Waals surface area (Å²) < 4.78 is 0. The Kier molecular flexibility index (Phi) is 9.29. The monoisotopic (exact) mass is 743 g/mol. The number of aliphatic hydroxyl groups excluding tert-OH is 1. The number of halogens is 1. The quantitative estimate of drug-likeness (QED) is 0.232. The Hall–Kier alpha value is -2.05. The summed E-state index contributed by atoms with van der Waals surface area (Å²) in [5, 5.41) is 14.4. The van der Waals surface area contributed by atoms with Gasteiger partial charge in [0.25, 0.3) is 0 Å². The van der Waals surface area contributed by atoms with Crippen molar-refractivity contribution in [2.75, 3.05) is 6.54 Å². The van der Waals surface area contributed by atoms with Gasteiger partial charge in [0.2, 0.25) is 0 Å². The van der Waals surface area contributed by atoms with Crippen molar-refractivity contribution in [3.8, 4) is 0 Å². The first kappa shape index (κ1) is 37.9. The van der Waals surface area contributed by atoms with Gasteiger partial charge in [-0.2, -0.15) is 0 Å². The van der Waals surface area contributed by atoms with Crippen molar-refractivity contribution in [3.05, 3.63) is 46.7 Å². The number of nitrogens with one attached hydrogen (secondary N) is 1. The number of carbonyl (C=O) groups is 2. The van der Waals surface area contributed by atoms with E-state index >= 15 is 0 Å². The second-order valence-electron chi connectivity index (χ2n) is 20.9. The number of fused-ring (bicyclic) bond motifs is 7. The van der Waals surface area contributed by atoms with E-state index in [1.54, 1.807) is 18.0 Å². The van der Waals surface area contributed by atoms with E-state index < -0.39 is 0 Å². The van der Waals surface area contributed by atoms with Crippen LogP contribution < -0.4 is 5.32 Å². The smallest absolute Gasteiger partial charge is 0.159 e. The van der Waals surface area contributed by atoms with Gasteiger partial charge in [0.1, 0.15) is 11.6 Å². The van der Waals surface area contributed by atoms with Crippen LogP contribution in [0.25, 0.3) is 0 Å². The topological polar surface area (TPSA) is 92.2 Å². The van der Waals surface area contributed by atoms with Gasteiger partial charge in [-0.05, 0) is 147 Å². The normalized spacial score (nSPS) is 42.2. The largest absolute Gasteiger partial charge is 0.513 e. The molecule has 11 unspecified atom stereocenters. The number of Topliss-reactive ketones (excluding diaryl/α,β-unsaturated/α-hetero) is 2. The summed E-state index contributed by atoms with van der Waals surface area (Å²) in [6, 6.07) is 0. The minimum absolute atomic E-state index is 0.0267. The van der Waals surface area contributed by atoms with Crippen molar-refractivity contribution < 1.29 is 14.7 Å². The van der Waals surface area contributed by atoms with Gasteiger partial charge in [0.15, 0.2) is 5.78 Å². The summed E-state index contributed by atoms with van der Waals surface area (Å²) in [6.07, 6.45) is 18.3. The summed E-state index contributed by atoms with van der Waals surface area (Å²) in [5.41, 5.74) is 3.24. The van der Waals surface area contributed by atoms with Crippen LogP contribution in [0.15, 0.2) is 35.9 Å². The number of hydrogen-bond acceptors (Lipinski definition) is 6. The molecule has 0 aromatic carbocycles. The molecule has 6 fully saturated rings. The molecule has 0 bridgehead atoms. The van der Waals surface area contributed by atoms with Crippen LogP contribution in [0.2, 0.25) is 5.02 Å². The van der Waals surface area contributed by atoms with Crippen molar-refractivity contribution in [2.24, 2.45) is 74.9 Å². The molecule has 0 amide bonds. The zero-order valence-corrected chi connectivity index (χ0v) is 34.5. The van der Waals surface area contributed by atoms with Gasteiger partial charge in [-0.1, -0.05) is 72.2 Å². The van der Waals surface area contributed by atoms with Gasteiger partial charge in [-0.25, -0.2) is 9.97 Å². The number of allylic oxidation sites excluding steroid dienone is 3. The molecule has 0 radical (unpaired) electrons. The van der Waals surface area contributed by atoms with Crippen LogP contribution in [0.1, 0.15) is 144 Å². The third kappa shape index (κ3) is 5.78. The lowest BCUT2D eigenvalue weighted by Crippen LogP contribution is -2.62.